The molecule has 1 aromatic carbocycles. The third kappa shape index (κ3) is 1.67. The van der Waals surface area contributed by atoms with Crippen molar-refractivity contribution in [2.45, 2.75) is 44.6 Å². The molecule has 2 aliphatic carbocycles. The van der Waals surface area contributed by atoms with Crippen molar-refractivity contribution in [1.82, 2.24) is 5.32 Å². The van der Waals surface area contributed by atoms with Gasteiger partial charge in [-0.1, -0.05) is 13.0 Å². The molecule has 0 unspecified atom stereocenters. The number of benzene rings is 1. The molecule has 3 aliphatic rings. The summed E-state index contributed by atoms with van der Waals surface area (Å²) >= 11 is 0. The highest BCUT2D eigenvalue weighted by Gasteiger charge is 2.53. The van der Waals surface area contributed by atoms with E-state index >= 15 is 0 Å². The maximum absolute atomic E-state index is 5.44. The second-order valence-electron chi connectivity index (χ2n) is 7.18. The van der Waals surface area contributed by atoms with Crippen molar-refractivity contribution in [3.05, 3.63) is 29.3 Å². The van der Waals surface area contributed by atoms with Crippen LogP contribution in [0.4, 0.5) is 0 Å². The lowest BCUT2D eigenvalue weighted by Crippen LogP contribution is -2.60. The Kier molecular flexibility index (Phi) is 2.85. The normalized spacial score (nSPS) is 38.8. The van der Waals surface area contributed by atoms with Gasteiger partial charge < -0.3 is 10.1 Å². The van der Waals surface area contributed by atoms with Gasteiger partial charge in [0.25, 0.3) is 0 Å². The predicted molar refractivity (Wildman–Crippen MR) is 81.0 cm³/mol. The number of ether oxygens (including phenoxy) is 1. The third-order valence-corrected chi connectivity index (χ3v) is 5.99. The average Bonchev–Trinajstić information content (AvgIpc) is 2.46. The summed E-state index contributed by atoms with van der Waals surface area (Å²) in [7, 11) is 1.77. The van der Waals surface area contributed by atoms with E-state index in [1.807, 2.05) is 0 Å². The Morgan fingerprint density at radius 2 is 2.25 bits per heavy atom. The molecule has 20 heavy (non-hydrogen) atoms. The molecular weight excluding hydrogens is 246 g/mol. The Bertz CT molecular complexity index is 526. The van der Waals surface area contributed by atoms with E-state index in [1.54, 1.807) is 12.7 Å². The lowest BCUT2D eigenvalue weighted by atomic mass is 9.53. The van der Waals surface area contributed by atoms with E-state index in [2.05, 4.69) is 30.4 Å². The van der Waals surface area contributed by atoms with Crippen molar-refractivity contribution in [3.8, 4) is 5.75 Å². The van der Waals surface area contributed by atoms with Crippen LogP contribution < -0.4 is 10.1 Å². The zero-order chi connectivity index (χ0) is 13.7. The first-order chi connectivity index (χ1) is 9.73. The molecule has 2 fully saturated rings. The van der Waals surface area contributed by atoms with E-state index in [0.717, 1.165) is 23.5 Å². The van der Waals surface area contributed by atoms with Crippen molar-refractivity contribution in [2.75, 3.05) is 13.7 Å². The van der Waals surface area contributed by atoms with E-state index in [0.29, 0.717) is 0 Å². The molecule has 2 bridgehead atoms. The minimum absolute atomic E-state index is 0.264. The SMILES string of the molecule is COc1ccc2c(c1)C[C@@H]1C[C@@H](C)C[C@]23NCCC[C@H]13. The van der Waals surface area contributed by atoms with Crippen LogP contribution in [-0.2, 0) is 12.0 Å². The average molecular weight is 271 g/mol. The Labute approximate surface area is 121 Å². The quantitative estimate of drug-likeness (QED) is 0.844. The molecule has 1 saturated heterocycles. The second kappa shape index (κ2) is 4.49. The smallest absolute Gasteiger partial charge is 0.119 e. The van der Waals surface area contributed by atoms with Gasteiger partial charge >= 0.3 is 0 Å². The first-order valence-electron chi connectivity index (χ1n) is 8.15. The van der Waals surface area contributed by atoms with E-state index < -0.39 is 0 Å². The number of nitrogens with one attached hydrogen (secondary N) is 1. The summed E-state index contributed by atoms with van der Waals surface area (Å²) in [6.45, 7) is 3.62. The van der Waals surface area contributed by atoms with Crippen LogP contribution in [0.5, 0.6) is 5.75 Å². The molecule has 1 aliphatic heterocycles. The van der Waals surface area contributed by atoms with E-state index in [-0.39, 0.29) is 5.54 Å². The van der Waals surface area contributed by atoms with Crippen LogP contribution in [0.25, 0.3) is 0 Å². The molecule has 1 heterocycles. The monoisotopic (exact) mass is 271 g/mol. The number of piperidine rings is 1. The van der Waals surface area contributed by atoms with Gasteiger partial charge in [-0.2, -0.15) is 0 Å². The maximum atomic E-state index is 5.44. The van der Waals surface area contributed by atoms with Crippen LogP contribution in [0.15, 0.2) is 18.2 Å². The molecule has 4 atom stereocenters. The molecule has 1 N–H and O–H groups in total. The summed E-state index contributed by atoms with van der Waals surface area (Å²) in [4.78, 5) is 0. The molecule has 4 rings (SSSR count). The van der Waals surface area contributed by atoms with Gasteiger partial charge in [0, 0.05) is 5.54 Å². The van der Waals surface area contributed by atoms with Gasteiger partial charge in [-0.25, -0.2) is 0 Å². The van der Waals surface area contributed by atoms with E-state index in [4.69, 9.17) is 4.74 Å². The highest BCUT2D eigenvalue weighted by Crippen LogP contribution is 2.55. The van der Waals surface area contributed by atoms with Gasteiger partial charge in [-0.3, -0.25) is 0 Å². The largest absolute Gasteiger partial charge is 0.497 e. The van der Waals surface area contributed by atoms with Crippen LogP contribution in [0.1, 0.15) is 43.7 Å². The lowest BCUT2D eigenvalue weighted by molar-refractivity contribution is 0.00920. The fraction of sp³-hybridized carbons (Fsp3) is 0.667. The van der Waals surface area contributed by atoms with Gasteiger partial charge in [-0.15, -0.1) is 0 Å². The fourth-order valence-electron chi connectivity index (χ4n) is 5.40. The Balaban J connectivity index is 1.86. The second-order valence-corrected chi connectivity index (χ2v) is 7.18. The Hall–Kier alpha value is -1.02. The summed E-state index contributed by atoms with van der Waals surface area (Å²) in [5.41, 5.74) is 3.37. The minimum atomic E-state index is 0.264. The summed E-state index contributed by atoms with van der Waals surface area (Å²) in [5.74, 6) is 3.58. The van der Waals surface area contributed by atoms with Crippen molar-refractivity contribution in [3.63, 3.8) is 0 Å². The highest BCUT2D eigenvalue weighted by molar-refractivity contribution is 5.44. The van der Waals surface area contributed by atoms with Gasteiger partial charge in [-0.05, 0) is 79.7 Å². The predicted octanol–water partition coefficient (Wildman–Crippen LogP) is 3.49. The lowest BCUT2D eigenvalue weighted by Gasteiger charge is -2.57. The standard InChI is InChI=1S/C18H25NO/c1-12-8-13-9-14-10-15(20-2)5-6-17(14)18(11-12)16(13)4-3-7-19-18/h5-6,10,12-13,16,19H,3-4,7-9,11H2,1-2H3/t12-,13+,16-,18-/m1/s1. The van der Waals surface area contributed by atoms with Crippen LogP contribution in [0, 0.1) is 17.8 Å². The van der Waals surface area contributed by atoms with E-state index in [1.165, 1.54) is 44.2 Å². The van der Waals surface area contributed by atoms with Crippen LogP contribution in [0.3, 0.4) is 0 Å². The van der Waals surface area contributed by atoms with Crippen LogP contribution in [-0.4, -0.2) is 13.7 Å². The molecule has 2 nitrogen and oxygen atoms in total. The van der Waals surface area contributed by atoms with Crippen LogP contribution >= 0.6 is 0 Å². The Morgan fingerprint density at radius 3 is 3.10 bits per heavy atom. The fourth-order valence-corrected chi connectivity index (χ4v) is 5.40. The summed E-state index contributed by atoms with van der Waals surface area (Å²) in [6, 6.07) is 6.78. The van der Waals surface area contributed by atoms with Crippen LogP contribution in [0.2, 0.25) is 0 Å². The number of rotatable bonds is 1. The van der Waals surface area contributed by atoms with Crippen molar-refractivity contribution >= 4 is 0 Å². The number of fused-ring (bicyclic) bond motifs is 1. The molecule has 1 aromatic rings. The highest BCUT2D eigenvalue weighted by atomic mass is 16.5. The van der Waals surface area contributed by atoms with Gasteiger partial charge in [0.2, 0.25) is 0 Å². The molecule has 0 spiro atoms. The number of methoxy groups -OCH3 is 1. The van der Waals surface area contributed by atoms with Gasteiger partial charge in [0.15, 0.2) is 0 Å². The molecule has 0 radical (unpaired) electrons. The van der Waals surface area contributed by atoms with Gasteiger partial charge in [0.1, 0.15) is 5.75 Å². The maximum Gasteiger partial charge on any atom is 0.119 e. The Morgan fingerprint density at radius 1 is 1.35 bits per heavy atom. The first-order valence-corrected chi connectivity index (χ1v) is 8.15. The van der Waals surface area contributed by atoms with Crippen molar-refractivity contribution in [2.24, 2.45) is 17.8 Å². The van der Waals surface area contributed by atoms with E-state index in [9.17, 15) is 0 Å². The molecule has 1 saturated carbocycles. The molecule has 0 aromatic heterocycles. The zero-order valence-corrected chi connectivity index (χ0v) is 12.6. The van der Waals surface area contributed by atoms with Crippen molar-refractivity contribution < 1.29 is 4.74 Å². The zero-order valence-electron chi connectivity index (χ0n) is 12.6. The molecular formula is C18H25NO. The number of hydrogen-bond acceptors (Lipinski definition) is 2. The van der Waals surface area contributed by atoms with Crippen molar-refractivity contribution in [1.29, 1.82) is 0 Å². The van der Waals surface area contributed by atoms with Gasteiger partial charge in [0.05, 0.1) is 7.11 Å². The first kappa shape index (κ1) is 12.7. The summed E-state index contributed by atoms with van der Waals surface area (Å²) < 4.78 is 5.44. The summed E-state index contributed by atoms with van der Waals surface area (Å²) in [5, 5.41) is 3.95. The number of hydrogen-bond donors (Lipinski definition) is 1. The molecule has 108 valence electrons. The minimum Gasteiger partial charge on any atom is -0.497 e. The summed E-state index contributed by atoms with van der Waals surface area (Å²) in [6.07, 6.45) is 6.74. The third-order valence-electron chi connectivity index (χ3n) is 5.99. The molecule has 0 amide bonds. The molecule has 2 heteroatoms. The topological polar surface area (TPSA) is 21.3 Å².